The summed E-state index contributed by atoms with van der Waals surface area (Å²) in [6.45, 7) is 0. The summed E-state index contributed by atoms with van der Waals surface area (Å²) in [7, 11) is 0. The molecule has 0 radical (unpaired) electrons. The molecule has 5 nitrogen and oxygen atoms in total. The minimum Gasteiger partial charge on any atom is -0.317 e. The Balaban J connectivity index is 1.12. The Kier molecular flexibility index (Phi) is 6.72. The number of rotatable bonds is 6. The molecule has 9 rings (SSSR count). The molecule has 0 N–H and O–H groups in total. The molecule has 48 heavy (non-hydrogen) atoms. The molecule has 3 aromatic heterocycles. The minimum absolute atomic E-state index is 0.635. The van der Waals surface area contributed by atoms with Gasteiger partial charge in [0.2, 0.25) is 0 Å². The van der Waals surface area contributed by atoms with Gasteiger partial charge in [-0.25, -0.2) is 15.0 Å². The van der Waals surface area contributed by atoms with Gasteiger partial charge in [0, 0.05) is 40.5 Å². The van der Waals surface area contributed by atoms with Crippen LogP contribution in [0.25, 0.3) is 78.5 Å². The number of benzene rings is 6. The van der Waals surface area contributed by atoms with E-state index in [-0.39, 0.29) is 0 Å². The second-order valence-electron chi connectivity index (χ2n) is 11.8. The molecule has 0 atom stereocenters. The van der Waals surface area contributed by atoms with Crippen molar-refractivity contribution in [2.24, 2.45) is 0 Å². The molecule has 226 valence electrons. The molecule has 0 saturated carbocycles. The highest BCUT2D eigenvalue weighted by Crippen LogP contribution is 2.31. The van der Waals surface area contributed by atoms with Gasteiger partial charge >= 0.3 is 0 Å². The smallest absolute Gasteiger partial charge is 0.164 e. The summed E-state index contributed by atoms with van der Waals surface area (Å²) in [5, 5.41) is 2.41. The zero-order valence-corrected chi connectivity index (χ0v) is 26.0. The van der Waals surface area contributed by atoms with Crippen LogP contribution in [0.3, 0.4) is 0 Å². The molecule has 5 heteroatoms. The number of para-hydroxylation sites is 1. The number of fused-ring (bicyclic) bond motifs is 2. The van der Waals surface area contributed by atoms with Crippen LogP contribution in [0, 0.1) is 0 Å². The van der Waals surface area contributed by atoms with Crippen LogP contribution in [0.5, 0.6) is 0 Å². The van der Waals surface area contributed by atoms with Crippen molar-refractivity contribution in [3.8, 4) is 56.7 Å². The van der Waals surface area contributed by atoms with Gasteiger partial charge in [-0.2, -0.15) is 0 Å². The highest BCUT2D eigenvalue weighted by Gasteiger charge is 2.14. The molecule has 6 aromatic carbocycles. The molecule has 0 spiro atoms. The van der Waals surface area contributed by atoms with Crippen molar-refractivity contribution in [1.82, 2.24) is 24.1 Å². The van der Waals surface area contributed by atoms with E-state index < -0.39 is 0 Å². The lowest BCUT2D eigenvalue weighted by Crippen LogP contribution is -2.01. The molecule has 0 unspecified atom stereocenters. The van der Waals surface area contributed by atoms with Crippen LogP contribution in [-0.4, -0.2) is 24.1 Å². The molecule has 0 aliphatic carbocycles. The van der Waals surface area contributed by atoms with Crippen LogP contribution >= 0.6 is 0 Å². The molecule has 0 fully saturated rings. The van der Waals surface area contributed by atoms with Gasteiger partial charge in [0.15, 0.2) is 17.5 Å². The van der Waals surface area contributed by atoms with Crippen LogP contribution in [0.2, 0.25) is 0 Å². The van der Waals surface area contributed by atoms with Gasteiger partial charge in [0.25, 0.3) is 0 Å². The van der Waals surface area contributed by atoms with Crippen molar-refractivity contribution in [3.63, 3.8) is 0 Å². The van der Waals surface area contributed by atoms with Gasteiger partial charge < -0.3 is 9.13 Å². The second-order valence-corrected chi connectivity index (χ2v) is 11.8. The summed E-state index contributed by atoms with van der Waals surface area (Å²) < 4.78 is 4.49. The summed E-state index contributed by atoms with van der Waals surface area (Å²) in [4.78, 5) is 14.8. The van der Waals surface area contributed by atoms with Crippen molar-refractivity contribution in [1.29, 1.82) is 0 Å². The number of hydrogen-bond donors (Lipinski definition) is 0. The molecule has 0 amide bonds. The summed E-state index contributed by atoms with van der Waals surface area (Å²) in [6.07, 6.45) is 4.28. The maximum atomic E-state index is 4.95. The zero-order chi connectivity index (χ0) is 31.9. The highest BCUT2D eigenvalue weighted by atomic mass is 15.0. The van der Waals surface area contributed by atoms with E-state index in [1.165, 1.54) is 21.9 Å². The summed E-state index contributed by atoms with van der Waals surface area (Å²) in [5.41, 5.74) is 9.66. The average Bonchev–Trinajstić information content (AvgIpc) is 3.80. The van der Waals surface area contributed by atoms with Gasteiger partial charge in [0.1, 0.15) is 0 Å². The average molecular weight is 616 g/mol. The lowest BCUT2D eigenvalue weighted by Gasteiger charge is -2.12. The number of aromatic nitrogens is 5. The zero-order valence-electron chi connectivity index (χ0n) is 26.0. The van der Waals surface area contributed by atoms with E-state index in [1.54, 1.807) is 0 Å². The van der Waals surface area contributed by atoms with Crippen LogP contribution in [0.1, 0.15) is 0 Å². The van der Waals surface area contributed by atoms with Crippen molar-refractivity contribution in [2.75, 3.05) is 0 Å². The maximum Gasteiger partial charge on any atom is 0.164 e. The Labute approximate surface area is 278 Å². The normalized spacial score (nSPS) is 11.3. The third-order valence-electron chi connectivity index (χ3n) is 8.83. The number of nitrogens with zero attached hydrogens (tertiary/aromatic N) is 5. The number of hydrogen-bond acceptors (Lipinski definition) is 3. The first-order valence-electron chi connectivity index (χ1n) is 16.0. The molecule has 3 heterocycles. The first-order chi connectivity index (χ1) is 23.8. The van der Waals surface area contributed by atoms with E-state index in [0.717, 1.165) is 39.1 Å². The summed E-state index contributed by atoms with van der Waals surface area (Å²) in [6, 6.07) is 56.8. The first kappa shape index (κ1) is 27.7. The van der Waals surface area contributed by atoms with Crippen molar-refractivity contribution in [2.45, 2.75) is 0 Å². The highest BCUT2D eigenvalue weighted by molar-refractivity contribution is 5.88. The summed E-state index contributed by atoms with van der Waals surface area (Å²) in [5.74, 6) is 1.93. The Bertz CT molecular complexity index is 2510. The van der Waals surface area contributed by atoms with E-state index in [0.29, 0.717) is 17.5 Å². The summed E-state index contributed by atoms with van der Waals surface area (Å²) >= 11 is 0. The minimum atomic E-state index is 0.635. The maximum absolute atomic E-state index is 4.95. The lowest BCUT2D eigenvalue weighted by atomic mass is 10.0. The van der Waals surface area contributed by atoms with Crippen LogP contribution < -0.4 is 0 Å². The SMILES string of the molecule is c1ccc(-c2nc(-c3ccccc3)nc(-c3cccc(-n4ccc5ccc(-c6cccc(-n7ccc8ccccc87)c6)cc54)c3)n2)cc1. The lowest BCUT2D eigenvalue weighted by molar-refractivity contribution is 1.07. The predicted molar refractivity (Wildman–Crippen MR) is 195 cm³/mol. The second kappa shape index (κ2) is 11.6. The molecule has 0 bridgehead atoms. The van der Waals surface area contributed by atoms with E-state index >= 15 is 0 Å². The third-order valence-corrected chi connectivity index (χ3v) is 8.83. The molecule has 9 aromatic rings. The molecular weight excluding hydrogens is 587 g/mol. The standard InChI is InChI=1S/C43H29N5/c1-3-12-32(13-4-1)41-44-42(33-14-5-2-6-15-33)46-43(45-41)36-17-10-19-38(28-36)48-26-24-31-21-22-35(29-40(31)48)34-16-9-18-37(27-34)47-25-23-30-11-7-8-20-39(30)47/h1-29H. The van der Waals surface area contributed by atoms with E-state index in [4.69, 9.17) is 15.0 Å². The molecule has 0 aliphatic rings. The molecule has 0 saturated heterocycles. The Morgan fingerprint density at radius 2 is 0.792 bits per heavy atom. The van der Waals surface area contributed by atoms with E-state index in [9.17, 15) is 0 Å². The Hall–Kier alpha value is -6.59. The largest absolute Gasteiger partial charge is 0.317 e. The van der Waals surface area contributed by atoms with Gasteiger partial charge in [-0.05, 0) is 70.4 Å². The van der Waals surface area contributed by atoms with Crippen molar-refractivity contribution < 1.29 is 0 Å². The molecule has 0 aliphatic heterocycles. The van der Waals surface area contributed by atoms with Crippen LogP contribution in [0.4, 0.5) is 0 Å². The quantitative estimate of drug-likeness (QED) is 0.187. The third kappa shape index (κ3) is 5.04. The van der Waals surface area contributed by atoms with Crippen LogP contribution in [0.15, 0.2) is 176 Å². The van der Waals surface area contributed by atoms with Crippen molar-refractivity contribution in [3.05, 3.63) is 176 Å². The van der Waals surface area contributed by atoms with Gasteiger partial charge in [-0.3, -0.25) is 0 Å². The Morgan fingerprint density at radius 1 is 0.312 bits per heavy atom. The Morgan fingerprint density at radius 3 is 1.46 bits per heavy atom. The predicted octanol–water partition coefficient (Wildman–Crippen LogP) is 10.4. The van der Waals surface area contributed by atoms with E-state index in [2.05, 4.69) is 125 Å². The van der Waals surface area contributed by atoms with Crippen molar-refractivity contribution >= 4 is 21.8 Å². The van der Waals surface area contributed by atoms with E-state index in [1.807, 2.05) is 60.7 Å². The van der Waals surface area contributed by atoms with Gasteiger partial charge in [0.05, 0.1) is 11.0 Å². The van der Waals surface area contributed by atoms with Gasteiger partial charge in [-0.1, -0.05) is 115 Å². The topological polar surface area (TPSA) is 48.5 Å². The fourth-order valence-electron chi connectivity index (χ4n) is 6.41. The fourth-order valence-corrected chi connectivity index (χ4v) is 6.41. The fraction of sp³-hybridized carbons (Fsp3) is 0. The molecular formula is C43H29N5. The van der Waals surface area contributed by atoms with Crippen LogP contribution in [-0.2, 0) is 0 Å². The first-order valence-corrected chi connectivity index (χ1v) is 16.0. The van der Waals surface area contributed by atoms with Gasteiger partial charge in [-0.15, -0.1) is 0 Å². The monoisotopic (exact) mass is 615 g/mol.